The fraction of sp³-hybridized carbons (Fsp3) is 0.333. The van der Waals surface area contributed by atoms with E-state index < -0.39 is 0 Å². The Morgan fingerprint density at radius 3 is 2.96 bits per heavy atom. The van der Waals surface area contributed by atoms with E-state index in [4.69, 9.17) is 0 Å². The van der Waals surface area contributed by atoms with Crippen molar-refractivity contribution in [1.82, 2.24) is 14.5 Å². The molecule has 1 aliphatic rings. The summed E-state index contributed by atoms with van der Waals surface area (Å²) >= 11 is 2.68. The number of thiophene rings is 1. The maximum Gasteiger partial charge on any atom is 0.267 e. The minimum absolute atomic E-state index is 0.131. The molecule has 0 radical (unpaired) electrons. The Bertz CT molecular complexity index is 981. The van der Waals surface area contributed by atoms with Crippen LogP contribution in [0.3, 0.4) is 0 Å². The molecule has 3 aromatic heterocycles. The van der Waals surface area contributed by atoms with Gasteiger partial charge in [-0.3, -0.25) is 14.9 Å². The maximum atomic E-state index is 12.5. The van der Waals surface area contributed by atoms with Crippen molar-refractivity contribution in [3.63, 3.8) is 0 Å². The smallest absolute Gasteiger partial charge is 0.267 e. The van der Waals surface area contributed by atoms with Crippen molar-refractivity contribution in [3.8, 4) is 0 Å². The van der Waals surface area contributed by atoms with Crippen LogP contribution >= 0.6 is 22.7 Å². The topological polar surface area (TPSA) is 76.9 Å². The van der Waals surface area contributed by atoms with Crippen LogP contribution in [0, 0.1) is 6.92 Å². The number of nitrogens with one attached hydrogen (secondary N) is 1. The zero-order chi connectivity index (χ0) is 16.1. The van der Waals surface area contributed by atoms with Gasteiger partial charge >= 0.3 is 0 Å². The van der Waals surface area contributed by atoms with Crippen molar-refractivity contribution in [3.05, 3.63) is 38.2 Å². The van der Waals surface area contributed by atoms with E-state index in [0.29, 0.717) is 31.7 Å². The van der Waals surface area contributed by atoms with Crippen LogP contribution in [0.25, 0.3) is 10.2 Å². The molecule has 3 aromatic rings. The molecule has 1 amide bonds. The maximum absolute atomic E-state index is 12.5. The molecule has 0 saturated heterocycles. The SMILES string of the molecule is Cc1c(C(=O)Nc2nc(C3CC3)cs2)sc2ncn(C)c(=O)c12. The van der Waals surface area contributed by atoms with Gasteiger partial charge in [0.2, 0.25) is 0 Å². The second kappa shape index (κ2) is 5.24. The van der Waals surface area contributed by atoms with Crippen LogP contribution in [0.2, 0.25) is 0 Å². The van der Waals surface area contributed by atoms with Crippen molar-refractivity contribution >= 4 is 43.9 Å². The van der Waals surface area contributed by atoms with Crippen LogP contribution in [0.5, 0.6) is 0 Å². The number of aryl methyl sites for hydroxylation is 2. The third-order valence-corrected chi connectivity index (χ3v) is 5.93. The molecule has 23 heavy (non-hydrogen) atoms. The summed E-state index contributed by atoms with van der Waals surface area (Å²) in [4.78, 5) is 34.5. The Labute approximate surface area is 139 Å². The quantitative estimate of drug-likeness (QED) is 0.791. The molecule has 0 aliphatic heterocycles. The Hall–Kier alpha value is -2.06. The molecule has 8 heteroatoms. The first-order chi connectivity index (χ1) is 11.0. The number of aromatic nitrogens is 3. The third-order valence-electron chi connectivity index (χ3n) is 3.95. The Kier molecular flexibility index (Phi) is 3.31. The number of carbonyl (C=O) groups is 1. The lowest BCUT2D eigenvalue weighted by Crippen LogP contribution is -2.17. The zero-order valence-electron chi connectivity index (χ0n) is 12.6. The van der Waals surface area contributed by atoms with Crippen LogP contribution in [0.1, 0.15) is 39.7 Å². The molecule has 0 unspecified atom stereocenters. The molecule has 0 spiro atoms. The molecule has 6 nitrogen and oxygen atoms in total. The number of rotatable bonds is 3. The molecule has 1 saturated carbocycles. The molecule has 118 valence electrons. The van der Waals surface area contributed by atoms with Crippen molar-refractivity contribution < 1.29 is 4.79 Å². The molecule has 1 N–H and O–H groups in total. The van der Waals surface area contributed by atoms with Crippen molar-refractivity contribution in [2.24, 2.45) is 7.05 Å². The van der Waals surface area contributed by atoms with Gasteiger partial charge in [0.1, 0.15) is 4.83 Å². The van der Waals surface area contributed by atoms with Crippen molar-refractivity contribution in [2.45, 2.75) is 25.7 Å². The second-order valence-electron chi connectivity index (χ2n) is 5.70. The van der Waals surface area contributed by atoms with Crippen molar-refractivity contribution in [2.75, 3.05) is 5.32 Å². The van der Waals surface area contributed by atoms with E-state index >= 15 is 0 Å². The van der Waals surface area contributed by atoms with Gasteiger partial charge < -0.3 is 4.57 Å². The Morgan fingerprint density at radius 2 is 2.22 bits per heavy atom. The summed E-state index contributed by atoms with van der Waals surface area (Å²) in [5.41, 5.74) is 1.61. The number of nitrogens with zero attached hydrogens (tertiary/aromatic N) is 3. The number of anilines is 1. The molecule has 4 rings (SSSR count). The first-order valence-corrected chi connectivity index (χ1v) is 8.95. The molecule has 0 aromatic carbocycles. The van der Waals surface area contributed by atoms with E-state index in [1.165, 1.54) is 46.4 Å². The van der Waals surface area contributed by atoms with Crippen LogP contribution in [0.4, 0.5) is 5.13 Å². The Morgan fingerprint density at radius 1 is 1.43 bits per heavy atom. The number of thiazole rings is 1. The lowest BCUT2D eigenvalue weighted by atomic mass is 10.2. The first kappa shape index (κ1) is 14.5. The van der Waals surface area contributed by atoms with Gasteiger partial charge in [0.15, 0.2) is 5.13 Å². The van der Waals surface area contributed by atoms with Gasteiger partial charge in [-0.25, -0.2) is 9.97 Å². The Balaban J connectivity index is 1.67. The first-order valence-electron chi connectivity index (χ1n) is 7.26. The standard InChI is InChI=1S/C15H14N4O2S2/c1-7-10-13(16-6-19(2)14(10)21)23-11(7)12(20)18-15-17-9(5-22-15)8-3-4-8/h5-6,8H,3-4H2,1-2H3,(H,17,18,20). The van der Waals surface area contributed by atoms with Gasteiger partial charge in [-0.2, -0.15) is 0 Å². The molecule has 0 atom stereocenters. The molecular weight excluding hydrogens is 332 g/mol. The summed E-state index contributed by atoms with van der Waals surface area (Å²) in [6.45, 7) is 1.79. The number of hydrogen-bond acceptors (Lipinski definition) is 6. The lowest BCUT2D eigenvalue weighted by Gasteiger charge is -2.00. The summed E-state index contributed by atoms with van der Waals surface area (Å²) in [6.07, 6.45) is 3.84. The fourth-order valence-corrected chi connectivity index (χ4v) is 4.31. The predicted octanol–water partition coefficient (Wildman–Crippen LogP) is 2.89. The highest BCUT2D eigenvalue weighted by Gasteiger charge is 2.26. The largest absolute Gasteiger partial charge is 0.302 e. The van der Waals surface area contributed by atoms with Gasteiger partial charge in [0.05, 0.1) is 22.3 Å². The molecule has 1 aliphatic carbocycles. The third kappa shape index (κ3) is 2.47. The number of hydrogen-bond donors (Lipinski definition) is 1. The molecular formula is C15H14N4O2S2. The van der Waals surface area contributed by atoms with Gasteiger partial charge in [0, 0.05) is 18.3 Å². The van der Waals surface area contributed by atoms with Gasteiger partial charge in [-0.05, 0) is 25.3 Å². The highest BCUT2D eigenvalue weighted by Crippen LogP contribution is 2.41. The van der Waals surface area contributed by atoms with Crippen LogP contribution in [-0.4, -0.2) is 20.4 Å². The van der Waals surface area contributed by atoms with E-state index in [9.17, 15) is 9.59 Å². The fourth-order valence-electron chi connectivity index (χ4n) is 2.49. The predicted molar refractivity (Wildman–Crippen MR) is 91.6 cm³/mol. The normalized spacial score (nSPS) is 14.3. The molecule has 1 fully saturated rings. The van der Waals surface area contributed by atoms with Crippen LogP contribution < -0.4 is 10.9 Å². The molecule has 3 heterocycles. The van der Waals surface area contributed by atoms with Gasteiger partial charge in [-0.1, -0.05) is 0 Å². The summed E-state index contributed by atoms with van der Waals surface area (Å²) in [5.74, 6) is 0.333. The van der Waals surface area contributed by atoms with Crippen LogP contribution in [0.15, 0.2) is 16.5 Å². The highest BCUT2D eigenvalue weighted by molar-refractivity contribution is 7.21. The van der Waals surface area contributed by atoms with E-state index in [2.05, 4.69) is 15.3 Å². The summed E-state index contributed by atoms with van der Waals surface area (Å²) in [6, 6.07) is 0. The summed E-state index contributed by atoms with van der Waals surface area (Å²) < 4.78 is 1.42. The van der Waals surface area contributed by atoms with Gasteiger partial charge in [-0.15, -0.1) is 22.7 Å². The van der Waals surface area contributed by atoms with E-state index in [0.717, 1.165) is 5.69 Å². The van der Waals surface area contributed by atoms with E-state index in [-0.39, 0.29) is 11.5 Å². The van der Waals surface area contributed by atoms with Crippen LogP contribution in [-0.2, 0) is 7.05 Å². The molecule has 0 bridgehead atoms. The second-order valence-corrected chi connectivity index (χ2v) is 7.56. The number of carbonyl (C=O) groups excluding carboxylic acids is 1. The zero-order valence-corrected chi connectivity index (χ0v) is 14.3. The average Bonchev–Trinajstić information content (AvgIpc) is 3.18. The minimum Gasteiger partial charge on any atom is -0.302 e. The summed E-state index contributed by atoms with van der Waals surface area (Å²) in [5, 5.41) is 5.96. The number of amides is 1. The monoisotopic (exact) mass is 346 g/mol. The van der Waals surface area contributed by atoms with Gasteiger partial charge in [0.25, 0.3) is 11.5 Å². The van der Waals surface area contributed by atoms with E-state index in [1.807, 2.05) is 5.38 Å². The van der Waals surface area contributed by atoms with Crippen molar-refractivity contribution in [1.29, 1.82) is 0 Å². The van der Waals surface area contributed by atoms with E-state index in [1.54, 1.807) is 14.0 Å². The highest BCUT2D eigenvalue weighted by atomic mass is 32.1. The lowest BCUT2D eigenvalue weighted by molar-refractivity contribution is 0.103. The number of fused-ring (bicyclic) bond motifs is 1. The average molecular weight is 346 g/mol. The summed E-state index contributed by atoms with van der Waals surface area (Å²) in [7, 11) is 1.65. The minimum atomic E-state index is -0.232.